The smallest absolute Gasteiger partial charge is 0.249 e. The fourth-order valence-electron chi connectivity index (χ4n) is 1.42. The van der Waals surface area contributed by atoms with Gasteiger partial charge in [0.15, 0.2) is 0 Å². The lowest BCUT2D eigenvalue weighted by molar-refractivity contribution is -0.137. The van der Waals surface area contributed by atoms with Gasteiger partial charge < -0.3 is 4.90 Å². The maximum absolute atomic E-state index is 11.4. The molecule has 0 aliphatic carbocycles. The number of carbonyl (C=O) groups is 2. The van der Waals surface area contributed by atoms with Crippen LogP contribution in [0.3, 0.4) is 0 Å². The van der Waals surface area contributed by atoms with Gasteiger partial charge >= 0.3 is 0 Å². The fourth-order valence-corrected chi connectivity index (χ4v) is 1.42. The molecule has 1 heterocycles. The van der Waals surface area contributed by atoms with Crippen molar-refractivity contribution in [3.8, 4) is 0 Å². The minimum atomic E-state index is -0.450. The van der Waals surface area contributed by atoms with E-state index in [1.165, 1.54) is 0 Å². The van der Waals surface area contributed by atoms with Crippen LogP contribution in [0.4, 0.5) is 0 Å². The number of carbonyl (C=O) groups excluding carboxylic acids is 2. The summed E-state index contributed by atoms with van der Waals surface area (Å²) in [7, 11) is 0. The molecule has 0 aromatic heterocycles. The van der Waals surface area contributed by atoms with Crippen LogP contribution in [0.5, 0.6) is 0 Å². The lowest BCUT2D eigenvalue weighted by atomic mass is 9.92. The van der Waals surface area contributed by atoms with E-state index in [4.69, 9.17) is 5.41 Å². The van der Waals surface area contributed by atoms with Crippen LogP contribution < -0.4 is 5.32 Å². The van der Waals surface area contributed by atoms with Crippen LogP contribution in [0.25, 0.3) is 0 Å². The van der Waals surface area contributed by atoms with Crippen molar-refractivity contribution in [3.05, 3.63) is 0 Å². The minimum absolute atomic E-state index is 0.0863. The second-order valence-electron chi connectivity index (χ2n) is 4.81. The molecule has 1 rings (SSSR count). The van der Waals surface area contributed by atoms with Gasteiger partial charge in [-0.15, -0.1) is 0 Å². The molecule has 2 N–H and O–H groups in total. The Labute approximate surface area is 89.3 Å². The van der Waals surface area contributed by atoms with Gasteiger partial charge in [-0.1, -0.05) is 20.8 Å². The first-order valence-corrected chi connectivity index (χ1v) is 4.93. The highest BCUT2D eigenvalue weighted by atomic mass is 16.2. The normalized spacial score (nSPS) is 22.7. The first kappa shape index (κ1) is 11.7. The highest BCUT2D eigenvalue weighted by Gasteiger charge is 2.35. The van der Waals surface area contributed by atoms with Gasteiger partial charge in [-0.05, 0) is 6.92 Å². The average molecular weight is 211 g/mol. The van der Waals surface area contributed by atoms with Gasteiger partial charge in [-0.3, -0.25) is 20.3 Å². The molecular formula is C10H17N3O2. The topological polar surface area (TPSA) is 73.3 Å². The molecule has 1 fully saturated rings. The number of nitrogens with zero attached hydrogens (tertiary/aromatic N) is 1. The number of amidine groups is 1. The van der Waals surface area contributed by atoms with Crippen LogP contribution in [0.2, 0.25) is 0 Å². The zero-order chi connectivity index (χ0) is 11.8. The Balaban J connectivity index is 2.89. The lowest BCUT2D eigenvalue weighted by Gasteiger charge is -2.38. The third-order valence-electron chi connectivity index (χ3n) is 2.42. The number of hydrogen-bond donors (Lipinski definition) is 2. The summed E-state index contributed by atoms with van der Waals surface area (Å²) in [6, 6.07) is -0.450. The standard InChI is InChI=1S/C10H17N3O2/c1-6-8(15)12-7(14)5-13(6)9(11)10(2,3)4/h6,11H,5H2,1-4H3,(H,12,14,15). The average Bonchev–Trinajstić information content (AvgIpc) is 2.08. The zero-order valence-electron chi connectivity index (χ0n) is 9.55. The highest BCUT2D eigenvalue weighted by molar-refractivity contribution is 6.05. The van der Waals surface area contributed by atoms with Crippen LogP contribution in [0.15, 0.2) is 0 Å². The van der Waals surface area contributed by atoms with Gasteiger partial charge in [0.05, 0.1) is 6.54 Å². The third kappa shape index (κ3) is 2.34. The fraction of sp³-hybridized carbons (Fsp3) is 0.700. The SMILES string of the molecule is CC1C(=O)NC(=O)CN1C(=N)C(C)(C)C. The number of hydrogen-bond acceptors (Lipinski definition) is 3. The number of nitrogens with one attached hydrogen (secondary N) is 2. The van der Waals surface area contributed by atoms with Crippen LogP contribution in [-0.4, -0.2) is 35.1 Å². The summed E-state index contributed by atoms with van der Waals surface area (Å²) in [5.41, 5.74) is -0.355. The minimum Gasteiger partial charge on any atom is -0.339 e. The van der Waals surface area contributed by atoms with E-state index in [2.05, 4.69) is 5.32 Å². The van der Waals surface area contributed by atoms with E-state index in [-0.39, 0.29) is 23.8 Å². The van der Waals surface area contributed by atoms with Crippen molar-refractivity contribution in [2.75, 3.05) is 6.54 Å². The largest absolute Gasteiger partial charge is 0.339 e. The summed E-state index contributed by atoms with van der Waals surface area (Å²) in [4.78, 5) is 24.1. The van der Waals surface area contributed by atoms with Crippen molar-refractivity contribution >= 4 is 17.6 Å². The Bertz CT molecular complexity index is 317. The Morgan fingerprint density at radius 2 is 2.00 bits per heavy atom. The maximum atomic E-state index is 11.4. The molecule has 84 valence electrons. The number of amides is 2. The number of imide groups is 1. The van der Waals surface area contributed by atoms with Crippen molar-refractivity contribution in [2.24, 2.45) is 5.41 Å². The van der Waals surface area contributed by atoms with E-state index in [0.717, 1.165) is 0 Å². The summed E-state index contributed by atoms with van der Waals surface area (Å²) in [6.07, 6.45) is 0. The second-order valence-corrected chi connectivity index (χ2v) is 4.81. The molecule has 0 radical (unpaired) electrons. The summed E-state index contributed by atoms with van der Waals surface area (Å²) < 4.78 is 0. The molecule has 1 aliphatic rings. The van der Waals surface area contributed by atoms with Gasteiger partial charge in [0.25, 0.3) is 0 Å². The zero-order valence-corrected chi connectivity index (χ0v) is 9.55. The first-order chi connectivity index (χ1) is 6.73. The molecule has 1 atom stereocenters. The Morgan fingerprint density at radius 1 is 1.47 bits per heavy atom. The Hall–Kier alpha value is -1.39. The quantitative estimate of drug-likeness (QED) is 0.345. The van der Waals surface area contributed by atoms with Gasteiger partial charge in [0, 0.05) is 5.41 Å². The lowest BCUT2D eigenvalue weighted by Crippen LogP contribution is -2.60. The molecule has 1 unspecified atom stereocenters. The molecular weight excluding hydrogens is 194 g/mol. The van der Waals surface area contributed by atoms with Crippen molar-refractivity contribution in [3.63, 3.8) is 0 Å². The van der Waals surface area contributed by atoms with Crippen LogP contribution in [0.1, 0.15) is 27.7 Å². The van der Waals surface area contributed by atoms with Crippen LogP contribution in [0, 0.1) is 10.8 Å². The van der Waals surface area contributed by atoms with Crippen LogP contribution >= 0.6 is 0 Å². The molecule has 5 nitrogen and oxygen atoms in total. The van der Waals surface area contributed by atoms with E-state index >= 15 is 0 Å². The van der Waals surface area contributed by atoms with E-state index in [0.29, 0.717) is 5.84 Å². The molecule has 2 amide bonds. The second kappa shape index (κ2) is 3.64. The summed E-state index contributed by atoms with van der Waals surface area (Å²) >= 11 is 0. The predicted molar refractivity (Wildman–Crippen MR) is 56.5 cm³/mol. The van der Waals surface area contributed by atoms with Crippen molar-refractivity contribution in [1.82, 2.24) is 10.2 Å². The third-order valence-corrected chi connectivity index (χ3v) is 2.42. The molecule has 15 heavy (non-hydrogen) atoms. The molecule has 0 aromatic carbocycles. The molecule has 1 aliphatic heterocycles. The Morgan fingerprint density at radius 3 is 2.47 bits per heavy atom. The first-order valence-electron chi connectivity index (χ1n) is 4.93. The van der Waals surface area contributed by atoms with Crippen molar-refractivity contribution < 1.29 is 9.59 Å². The molecule has 0 bridgehead atoms. The molecule has 0 spiro atoms. The van der Waals surface area contributed by atoms with Gasteiger partial charge in [-0.2, -0.15) is 0 Å². The van der Waals surface area contributed by atoms with Gasteiger partial charge in [0.1, 0.15) is 11.9 Å². The maximum Gasteiger partial charge on any atom is 0.249 e. The molecule has 5 heteroatoms. The number of piperazine rings is 1. The number of rotatable bonds is 0. The van der Waals surface area contributed by atoms with Gasteiger partial charge in [0.2, 0.25) is 11.8 Å². The van der Waals surface area contributed by atoms with Crippen molar-refractivity contribution in [2.45, 2.75) is 33.7 Å². The predicted octanol–water partition coefficient (Wildman–Crippen LogP) is 0.357. The summed E-state index contributed by atoms with van der Waals surface area (Å²) in [5.74, 6) is -0.356. The molecule has 0 aromatic rings. The highest BCUT2D eigenvalue weighted by Crippen LogP contribution is 2.20. The van der Waals surface area contributed by atoms with Gasteiger partial charge in [-0.25, -0.2) is 0 Å². The molecule has 1 saturated heterocycles. The Kier molecular flexibility index (Phi) is 2.83. The van der Waals surface area contributed by atoms with E-state index in [1.807, 2.05) is 20.8 Å². The van der Waals surface area contributed by atoms with E-state index in [1.54, 1.807) is 11.8 Å². The summed E-state index contributed by atoms with van der Waals surface area (Å²) in [6.45, 7) is 7.45. The molecule has 0 saturated carbocycles. The van der Waals surface area contributed by atoms with Crippen molar-refractivity contribution in [1.29, 1.82) is 5.41 Å². The van der Waals surface area contributed by atoms with E-state index in [9.17, 15) is 9.59 Å². The van der Waals surface area contributed by atoms with E-state index < -0.39 is 6.04 Å². The summed E-state index contributed by atoms with van der Waals surface area (Å²) in [5, 5.41) is 10.2. The monoisotopic (exact) mass is 211 g/mol. The van der Waals surface area contributed by atoms with Crippen LogP contribution in [-0.2, 0) is 9.59 Å².